The van der Waals surface area contributed by atoms with E-state index in [1.807, 2.05) is 0 Å². The summed E-state index contributed by atoms with van der Waals surface area (Å²) in [5, 5.41) is 6.39. The number of carbonyl (C=O) groups excluding carboxylic acids is 1. The second-order valence-corrected chi connectivity index (χ2v) is 6.01. The first-order chi connectivity index (χ1) is 9.09. The summed E-state index contributed by atoms with van der Waals surface area (Å²) >= 11 is 0. The molecule has 0 aromatic rings. The van der Waals surface area contributed by atoms with Crippen LogP contribution in [-0.4, -0.2) is 50.1 Å². The molecule has 2 N–H and O–H groups in total. The van der Waals surface area contributed by atoms with Crippen molar-refractivity contribution in [1.82, 2.24) is 15.5 Å². The van der Waals surface area contributed by atoms with Gasteiger partial charge in [-0.25, -0.2) is 0 Å². The van der Waals surface area contributed by atoms with Crippen molar-refractivity contribution in [2.24, 2.45) is 5.92 Å². The SMILES string of the molecule is CC(C)N(C)CCCNC(=O)CCC1CCNCC1. The van der Waals surface area contributed by atoms with E-state index in [1.54, 1.807) is 0 Å². The molecule has 1 fully saturated rings. The molecule has 1 rings (SSSR count). The molecule has 4 nitrogen and oxygen atoms in total. The number of nitrogens with zero attached hydrogens (tertiary/aromatic N) is 1. The third-order valence-electron chi connectivity index (χ3n) is 4.13. The maximum absolute atomic E-state index is 11.7. The number of piperidine rings is 1. The van der Waals surface area contributed by atoms with Crippen LogP contribution < -0.4 is 10.6 Å². The van der Waals surface area contributed by atoms with Gasteiger partial charge < -0.3 is 15.5 Å². The summed E-state index contributed by atoms with van der Waals surface area (Å²) < 4.78 is 0. The summed E-state index contributed by atoms with van der Waals surface area (Å²) in [4.78, 5) is 14.0. The molecule has 0 radical (unpaired) electrons. The predicted molar refractivity (Wildman–Crippen MR) is 80.2 cm³/mol. The fourth-order valence-electron chi connectivity index (χ4n) is 2.41. The molecule has 1 saturated heterocycles. The fraction of sp³-hybridized carbons (Fsp3) is 0.933. The molecule has 0 aromatic heterocycles. The number of carbonyl (C=O) groups is 1. The summed E-state index contributed by atoms with van der Waals surface area (Å²) in [6.07, 6.45) is 5.25. The summed E-state index contributed by atoms with van der Waals surface area (Å²) in [7, 11) is 2.13. The van der Waals surface area contributed by atoms with Gasteiger partial charge in [0.25, 0.3) is 0 Å². The van der Waals surface area contributed by atoms with Gasteiger partial charge in [-0.15, -0.1) is 0 Å². The van der Waals surface area contributed by atoms with Crippen LogP contribution in [0.4, 0.5) is 0 Å². The van der Waals surface area contributed by atoms with Crippen LogP contribution in [0.25, 0.3) is 0 Å². The van der Waals surface area contributed by atoms with Gasteiger partial charge in [0.2, 0.25) is 5.91 Å². The Morgan fingerprint density at radius 2 is 2.05 bits per heavy atom. The molecular weight excluding hydrogens is 238 g/mol. The molecule has 0 saturated carbocycles. The van der Waals surface area contributed by atoms with E-state index in [4.69, 9.17) is 0 Å². The standard InChI is InChI=1S/C15H31N3O/c1-13(2)18(3)12-4-9-17-15(19)6-5-14-7-10-16-11-8-14/h13-14,16H,4-12H2,1-3H3,(H,17,19). The number of rotatable bonds is 8. The van der Waals surface area contributed by atoms with E-state index in [-0.39, 0.29) is 5.91 Å². The van der Waals surface area contributed by atoms with Crippen LogP contribution >= 0.6 is 0 Å². The maximum Gasteiger partial charge on any atom is 0.220 e. The van der Waals surface area contributed by atoms with E-state index >= 15 is 0 Å². The minimum absolute atomic E-state index is 0.228. The molecule has 1 aliphatic rings. The van der Waals surface area contributed by atoms with E-state index < -0.39 is 0 Å². The summed E-state index contributed by atoms with van der Waals surface area (Å²) in [6, 6.07) is 0.579. The van der Waals surface area contributed by atoms with Crippen molar-refractivity contribution in [3.63, 3.8) is 0 Å². The first-order valence-electron chi connectivity index (χ1n) is 7.77. The largest absolute Gasteiger partial charge is 0.356 e. The fourth-order valence-corrected chi connectivity index (χ4v) is 2.41. The lowest BCUT2D eigenvalue weighted by molar-refractivity contribution is -0.121. The second kappa shape index (κ2) is 9.32. The van der Waals surface area contributed by atoms with E-state index in [9.17, 15) is 4.79 Å². The lowest BCUT2D eigenvalue weighted by Gasteiger charge is -2.22. The number of hydrogen-bond acceptors (Lipinski definition) is 3. The van der Waals surface area contributed by atoms with Gasteiger partial charge in [-0.3, -0.25) is 4.79 Å². The van der Waals surface area contributed by atoms with Crippen molar-refractivity contribution in [1.29, 1.82) is 0 Å². The topological polar surface area (TPSA) is 44.4 Å². The van der Waals surface area contributed by atoms with Crippen molar-refractivity contribution < 1.29 is 4.79 Å². The first-order valence-corrected chi connectivity index (χ1v) is 7.77. The van der Waals surface area contributed by atoms with Gasteiger partial charge >= 0.3 is 0 Å². The average Bonchev–Trinajstić information content (AvgIpc) is 2.42. The summed E-state index contributed by atoms with van der Waals surface area (Å²) in [6.45, 7) is 8.48. The van der Waals surface area contributed by atoms with E-state index in [0.717, 1.165) is 44.9 Å². The lowest BCUT2D eigenvalue weighted by Crippen LogP contribution is -2.32. The quantitative estimate of drug-likeness (QED) is 0.658. The van der Waals surface area contributed by atoms with Crippen LogP contribution in [0.15, 0.2) is 0 Å². The zero-order chi connectivity index (χ0) is 14.1. The van der Waals surface area contributed by atoms with Crippen molar-refractivity contribution in [2.75, 3.05) is 33.2 Å². The second-order valence-electron chi connectivity index (χ2n) is 6.01. The zero-order valence-corrected chi connectivity index (χ0v) is 12.9. The maximum atomic E-state index is 11.7. The summed E-state index contributed by atoms with van der Waals surface area (Å²) in [5.41, 5.74) is 0. The smallest absolute Gasteiger partial charge is 0.220 e. The van der Waals surface area contributed by atoms with Gasteiger partial charge in [0, 0.05) is 19.0 Å². The third kappa shape index (κ3) is 7.53. The molecule has 4 heteroatoms. The number of hydrogen-bond donors (Lipinski definition) is 2. The molecule has 0 bridgehead atoms. The number of nitrogens with one attached hydrogen (secondary N) is 2. The molecule has 19 heavy (non-hydrogen) atoms. The minimum atomic E-state index is 0.228. The molecular formula is C15H31N3O. The van der Waals surface area contributed by atoms with Gasteiger partial charge in [-0.1, -0.05) is 0 Å². The Labute approximate surface area is 118 Å². The highest BCUT2D eigenvalue weighted by molar-refractivity contribution is 5.75. The normalized spacial score (nSPS) is 17.1. The molecule has 1 heterocycles. The molecule has 0 atom stereocenters. The van der Waals surface area contributed by atoms with Crippen LogP contribution in [0.1, 0.15) is 46.0 Å². The number of amides is 1. The molecule has 1 aliphatic heterocycles. The van der Waals surface area contributed by atoms with Gasteiger partial charge in [0.1, 0.15) is 0 Å². The van der Waals surface area contributed by atoms with Crippen molar-refractivity contribution >= 4 is 5.91 Å². The molecule has 112 valence electrons. The van der Waals surface area contributed by atoms with Crippen LogP contribution in [0.2, 0.25) is 0 Å². The van der Waals surface area contributed by atoms with Crippen molar-refractivity contribution in [3.8, 4) is 0 Å². The highest BCUT2D eigenvalue weighted by Gasteiger charge is 2.14. The molecule has 1 amide bonds. The minimum Gasteiger partial charge on any atom is -0.356 e. The Morgan fingerprint density at radius 3 is 2.68 bits per heavy atom. The van der Waals surface area contributed by atoms with E-state index in [0.29, 0.717) is 12.5 Å². The average molecular weight is 269 g/mol. The third-order valence-corrected chi connectivity index (χ3v) is 4.13. The van der Waals surface area contributed by atoms with Crippen LogP contribution in [-0.2, 0) is 4.79 Å². The van der Waals surface area contributed by atoms with Crippen LogP contribution in [0.5, 0.6) is 0 Å². The highest BCUT2D eigenvalue weighted by Crippen LogP contribution is 2.17. The van der Waals surface area contributed by atoms with E-state index in [1.165, 1.54) is 12.8 Å². The molecule has 0 unspecified atom stereocenters. The highest BCUT2D eigenvalue weighted by atomic mass is 16.1. The predicted octanol–water partition coefficient (Wildman–Crippen LogP) is 1.61. The van der Waals surface area contributed by atoms with Gasteiger partial charge in [0.05, 0.1) is 0 Å². The van der Waals surface area contributed by atoms with E-state index in [2.05, 4.69) is 36.4 Å². The van der Waals surface area contributed by atoms with Gasteiger partial charge in [0.15, 0.2) is 0 Å². The molecule has 0 spiro atoms. The monoisotopic (exact) mass is 269 g/mol. The van der Waals surface area contributed by atoms with Gasteiger partial charge in [-0.2, -0.15) is 0 Å². The van der Waals surface area contributed by atoms with Crippen LogP contribution in [0, 0.1) is 5.92 Å². The van der Waals surface area contributed by atoms with Gasteiger partial charge in [-0.05, 0) is 72.1 Å². The van der Waals surface area contributed by atoms with Crippen LogP contribution in [0.3, 0.4) is 0 Å². The Hall–Kier alpha value is -0.610. The Kier molecular flexibility index (Phi) is 8.07. The zero-order valence-electron chi connectivity index (χ0n) is 12.9. The summed E-state index contributed by atoms with van der Waals surface area (Å²) in [5.74, 6) is 0.977. The van der Waals surface area contributed by atoms with Crippen molar-refractivity contribution in [3.05, 3.63) is 0 Å². The molecule has 0 aromatic carbocycles. The lowest BCUT2D eigenvalue weighted by atomic mass is 9.93. The molecule has 0 aliphatic carbocycles. The Morgan fingerprint density at radius 1 is 1.37 bits per heavy atom. The first kappa shape index (κ1) is 16.4. The van der Waals surface area contributed by atoms with Crippen molar-refractivity contribution in [2.45, 2.75) is 52.0 Å². The Balaban J connectivity index is 1.98. The Bertz CT molecular complexity index is 250.